The molecule has 4 N–H and O–H groups in total. The fourth-order valence-corrected chi connectivity index (χ4v) is 3.74. The molecule has 0 radical (unpaired) electrons. The number of anilines is 2. The van der Waals surface area contributed by atoms with Crippen LogP contribution in [0.2, 0.25) is 0 Å². The molecule has 1 aliphatic rings. The topological polar surface area (TPSA) is 76.3 Å². The van der Waals surface area contributed by atoms with Crippen LogP contribution in [0.25, 0.3) is 0 Å². The van der Waals surface area contributed by atoms with Gasteiger partial charge in [0.25, 0.3) is 5.91 Å². The molecule has 0 spiro atoms. The fraction of sp³-hybridized carbons (Fsp3) is 0.364. The predicted molar refractivity (Wildman–Crippen MR) is 112 cm³/mol. The van der Waals surface area contributed by atoms with Crippen LogP contribution in [0.1, 0.15) is 12.5 Å². The third-order valence-electron chi connectivity index (χ3n) is 5.25. The number of methoxy groups -OCH3 is 1. The highest BCUT2D eigenvalue weighted by Gasteiger charge is 2.25. The molecule has 0 aromatic heterocycles. The van der Waals surface area contributed by atoms with Gasteiger partial charge in [-0.15, -0.1) is 0 Å². The Morgan fingerprint density at radius 2 is 1.57 bits per heavy atom. The van der Waals surface area contributed by atoms with Crippen LogP contribution in [-0.4, -0.2) is 51.6 Å². The standard InChI is InChI=1S/C22H27FN4O3/c1-16(28)24-19-4-6-20(7-5-19)25-22(29)15-27-11-9-26(10-12-27)14-17-13-18(23)3-8-21(17)30-2/h3-8,13H,9-12,14-15H2,1-2H3,(H,24,28)(H,25,29)/p+2. The van der Waals surface area contributed by atoms with Crippen molar-refractivity contribution in [3.8, 4) is 5.75 Å². The molecule has 160 valence electrons. The van der Waals surface area contributed by atoms with Gasteiger partial charge in [-0.05, 0) is 42.5 Å². The molecule has 0 saturated carbocycles. The van der Waals surface area contributed by atoms with E-state index in [1.165, 1.54) is 28.9 Å². The van der Waals surface area contributed by atoms with E-state index in [1.54, 1.807) is 37.4 Å². The highest BCUT2D eigenvalue weighted by Crippen LogP contribution is 2.18. The van der Waals surface area contributed by atoms with Gasteiger partial charge < -0.3 is 25.2 Å². The summed E-state index contributed by atoms with van der Waals surface area (Å²) in [5, 5.41) is 5.60. The van der Waals surface area contributed by atoms with E-state index < -0.39 is 0 Å². The number of piperazine rings is 1. The van der Waals surface area contributed by atoms with E-state index >= 15 is 0 Å². The van der Waals surface area contributed by atoms with Crippen molar-refractivity contribution in [2.24, 2.45) is 0 Å². The minimum atomic E-state index is -0.253. The monoisotopic (exact) mass is 416 g/mol. The molecular weight excluding hydrogens is 387 g/mol. The number of amides is 2. The van der Waals surface area contributed by atoms with Gasteiger partial charge in [-0.2, -0.15) is 0 Å². The second-order valence-electron chi connectivity index (χ2n) is 7.62. The Bertz CT molecular complexity index is 880. The largest absolute Gasteiger partial charge is 0.496 e. The molecule has 1 heterocycles. The first kappa shape index (κ1) is 21.7. The number of quaternary nitrogens is 2. The van der Waals surface area contributed by atoms with Gasteiger partial charge >= 0.3 is 0 Å². The van der Waals surface area contributed by atoms with Gasteiger partial charge in [-0.1, -0.05) is 0 Å². The zero-order valence-corrected chi connectivity index (χ0v) is 17.4. The van der Waals surface area contributed by atoms with Crippen molar-refractivity contribution in [3.63, 3.8) is 0 Å². The summed E-state index contributed by atoms with van der Waals surface area (Å²) in [5.41, 5.74) is 2.27. The summed E-state index contributed by atoms with van der Waals surface area (Å²) in [6.07, 6.45) is 0. The molecule has 2 amide bonds. The minimum Gasteiger partial charge on any atom is -0.496 e. The molecule has 1 aliphatic heterocycles. The highest BCUT2D eigenvalue weighted by molar-refractivity contribution is 5.92. The molecule has 0 atom stereocenters. The molecule has 2 aromatic rings. The lowest BCUT2D eigenvalue weighted by Gasteiger charge is -2.29. The van der Waals surface area contributed by atoms with Gasteiger partial charge in [0.2, 0.25) is 5.91 Å². The fourth-order valence-electron chi connectivity index (χ4n) is 3.74. The van der Waals surface area contributed by atoms with E-state index in [4.69, 9.17) is 4.74 Å². The van der Waals surface area contributed by atoms with Gasteiger partial charge in [0, 0.05) is 18.3 Å². The zero-order chi connectivity index (χ0) is 21.5. The molecule has 0 aliphatic carbocycles. The Labute approximate surface area is 175 Å². The van der Waals surface area contributed by atoms with Crippen molar-refractivity contribution >= 4 is 23.2 Å². The second-order valence-corrected chi connectivity index (χ2v) is 7.62. The Hall–Kier alpha value is -2.97. The number of rotatable bonds is 7. The first-order valence-electron chi connectivity index (χ1n) is 10.1. The minimum absolute atomic E-state index is 0.0347. The van der Waals surface area contributed by atoms with Gasteiger partial charge in [0.15, 0.2) is 6.54 Å². The van der Waals surface area contributed by atoms with Crippen LogP contribution in [-0.2, 0) is 16.1 Å². The number of carbonyl (C=O) groups excluding carboxylic acids is 2. The van der Waals surface area contributed by atoms with Crippen molar-refractivity contribution in [1.29, 1.82) is 0 Å². The van der Waals surface area contributed by atoms with Crippen molar-refractivity contribution < 1.29 is 28.5 Å². The first-order chi connectivity index (χ1) is 14.4. The van der Waals surface area contributed by atoms with Crippen molar-refractivity contribution in [1.82, 2.24) is 0 Å². The van der Waals surface area contributed by atoms with E-state index in [-0.39, 0.29) is 17.6 Å². The number of halogens is 1. The number of nitrogens with one attached hydrogen (secondary N) is 4. The normalized spacial score (nSPS) is 18.5. The van der Waals surface area contributed by atoms with E-state index in [0.717, 1.165) is 31.7 Å². The average Bonchev–Trinajstić information content (AvgIpc) is 2.71. The number of hydrogen-bond acceptors (Lipinski definition) is 3. The predicted octanol–water partition coefficient (Wildman–Crippen LogP) is -0.285. The van der Waals surface area contributed by atoms with Gasteiger partial charge in [-0.25, -0.2) is 4.39 Å². The second kappa shape index (κ2) is 10.2. The molecule has 3 rings (SSSR count). The summed E-state index contributed by atoms with van der Waals surface area (Å²) in [5.74, 6) is 0.291. The number of hydrogen-bond donors (Lipinski definition) is 4. The third kappa shape index (κ3) is 6.27. The van der Waals surface area contributed by atoms with Gasteiger partial charge in [0.05, 0.1) is 12.7 Å². The number of benzene rings is 2. The molecule has 7 nitrogen and oxygen atoms in total. The third-order valence-corrected chi connectivity index (χ3v) is 5.25. The maximum absolute atomic E-state index is 13.6. The summed E-state index contributed by atoms with van der Waals surface area (Å²) in [6.45, 7) is 6.14. The Morgan fingerprint density at radius 1 is 0.967 bits per heavy atom. The first-order valence-corrected chi connectivity index (χ1v) is 10.1. The Kier molecular flexibility index (Phi) is 7.37. The van der Waals surface area contributed by atoms with Crippen molar-refractivity contribution in [2.75, 3.05) is 50.5 Å². The summed E-state index contributed by atoms with van der Waals surface area (Å²) in [7, 11) is 1.60. The molecule has 2 aromatic carbocycles. The lowest BCUT2D eigenvalue weighted by Crippen LogP contribution is -3.28. The SMILES string of the molecule is COc1ccc(F)cc1C[NH+]1CC[NH+](CC(=O)Nc2ccc(NC(C)=O)cc2)CC1. The van der Waals surface area contributed by atoms with Crippen LogP contribution >= 0.6 is 0 Å². The molecule has 1 saturated heterocycles. The molecule has 8 heteroatoms. The lowest BCUT2D eigenvalue weighted by molar-refractivity contribution is -1.02. The highest BCUT2D eigenvalue weighted by atomic mass is 19.1. The molecular formula is C22H29FN4O3+2. The van der Waals surface area contributed by atoms with Crippen LogP contribution in [0.4, 0.5) is 15.8 Å². The average molecular weight is 416 g/mol. The molecule has 0 unspecified atom stereocenters. The van der Waals surface area contributed by atoms with E-state index in [2.05, 4.69) is 10.6 Å². The van der Waals surface area contributed by atoms with Crippen LogP contribution in [0.15, 0.2) is 42.5 Å². The zero-order valence-electron chi connectivity index (χ0n) is 17.4. The summed E-state index contributed by atoms with van der Waals surface area (Å²) in [4.78, 5) is 26.0. The van der Waals surface area contributed by atoms with Crippen LogP contribution < -0.4 is 25.2 Å². The van der Waals surface area contributed by atoms with Gasteiger partial charge in [0.1, 0.15) is 44.3 Å². The van der Waals surface area contributed by atoms with E-state index in [0.29, 0.717) is 30.2 Å². The Morgan fingerprint density at radius 3 is 2.17 bits per heavy atom. The summed E-state index contributed by atoms with van der Waals surface area (Å²) < 4.78 is 18.9. The van der Waals surface area contributed by atoms with Crippen molar-refractivity contribution in [2.45, 2.75) is 13.5 Å². The van der Waals surface area contributed by atoms with E-state index in [9.17, 15) is 14.0 Å². The quantitative estimate of drug-likeness (QED) is 0.501. The lowest BCUT2D eigenvalue weighted by atomic mass is 10.1. The number of ether oxygens (including phenoxy) is 1. The summed E-state index contributed by atoms with van der Waals surface area (Å²) in [6, 6.07) is 11.7. The van der Waals surface area contributed by atoms with E-state index in [1.807, 2.05) is 0 Å². The maximum Gasteiger partial charge on any atom is 0.279 e. The maximum atomic E-state index is 13.6. The van der Waals surface area contributed by atoms with Crippen LogP contribution in [0.3, 0.4) is 0 Å². The van der Waals surface area contributed by atoms with Crippen LogP contribution in [0, 0.1) is 5.82 Å². The van der Waals surface area contributed by atoms with Gasteiger partial charge in [-0.3, -0.25) is 9.59 Å². The van der Waals surface area contributed by atoms with Crippen LogP contribution in [0.5, 0.6) is 5.75 Å². The molecule has 1 fully saturated rings. The van der Waals surface area contributed by atoms with Crippen molar-refractivity contribution in [3.05, 3.63) is 53.8 Å². The smallest absolute Gasteiger partial charge is 0.279 e. The Balaban J connectivity index is 1.45. The molecule has 30 heavy (non-hydrogen) atoms. The summed E-state index contributed by atoms with van der Waals surface area (Å²) >= 11 is 0. The number of carbonyl (C=O) groups is 2. The molecule has 0 bridgehead atoms.